The summed E-state index contributed by atoms with van der Waals surface area (Å²) >= 11 is 0. The number of ether oxygens (including phenoxy) is 3. The van der Waals surface area contributed by atoms with Crippen molar-refractivity contribution < 1.29 is 32.2 Å². The van der Waals surface area contributed by atoms with Gasteiger partial charge >= 0.3 is 6.18 Å². The summed E-state index contributed by atoms with van der Waals surface area (Å²) in [5.74, 6) is 1.22. The third-order valence-electron chi connectivity index (χ3n) is 13.1. The zero-order valence-corrected chi connectivity index (χ0v) is 32.2. The van der Waals surface area contributed by atoms with E-state index in [-0.39, 0.29) is 47.3 Å². The lowest BCUT2D eigenvalue weighted by molar-refractivity contribution is -0.137. The summed E-state index contributed by atoms with van der Waals surface area (Å²) < 4.78 is 63.8. The predicted octanol–water partition coefficient (Wildman–Crippen LogP) is 10.6. The molecular formula is C47H53F3N2O4. The number of nitrogens with zero attached hydrogens (tertiary/aromatic N) is 1. The summed E-state index contributed by atoms with van der Waals surface area (Å²) in [6.45, 7) is 5.68. The van der Waals surface area contributed by atoms with Crippen LogP contribution in [0.3, 0.4) is 0 Å². The first-order valence-corrected chi connectivity index (χ1v) is 20.5. The maximum atomic E-state index is 14.7. The Hall–Kier alpha value is -4.34. The van der Waals surface area contributed by atoms with E-state index >= 15 is 0 Å². The molecule has 9 heteroatoms. The molecule has 4 aromatic carbocycles. The molecule has 2 saturated carbocycles. The summed E-state index contributed by atoms with van der Waals surface area (Å²) in [5, 5.41) is 2.57. The van der Waals surface area contributed by atoms with Gasteiger partial charge in [0.1, 0.15) is 24.2 Å². The summed E-state index contributed by atoms with van der Waals surface area (Å²) in [5.41, 5.74) is 3.27. The number of nitrogens with one attached hydrogen (secondary N) is 1. The minimum absolute atomic E-state index is 0.00294. The molecule has 4 aliphatic rings. The Morgan fingerprint density at radius 1 is 0.839 bits per heavy atom. The number of piperidine rings is 1. The molecule has 0 aromatic heterocycles. The molecule has 0 unspecified atom stereocenters. The summed E-state index contributed by atoms with van der Waals surface area (Å²) in [6, 6.07) is 30.6. The maximum Gasteiger partial charge on any atom is 0.418 e. The van der Waals surface area contributed by atoms with Crippen molar-refractivity contribution in [2.24, 2.45) is 17.3 Å². The van der Waals surface area contributed by atoms with Crippen LogP contribution in [-0.2, 0) is 35.3 Å². The molecule has 0 bridgehead atoms. The highest BCUT2D eigenvalue weighted by atomic mass is 19.4. The number of anilines is 1. The van der Waals surface area contributed by atoms with Crippen molar-refractivity contribution in [3.05, 3.63) is 125 Å². The van der Waals surface area contributed by atoms with Crippen LogP contribution in [0.5, 0.6) is 11.5 Å². The van der Waals surface area contributed by atoms with E-state index in [1.165, 1.54) is 23.6 Å². The number of aryl methyl sites for hydroxylation is 1. The Morgan fingerprint density at radius 2 is 1.55 bits per heavy atom. The number of carbonyl (C=O) groups excluding carboxylic acids is 1. The van der Waals surface area contributed by atoms with Gasteiger partial charge < -0.3 is 24.4 Å². The van der Waals surface area contributed by atoms with Crippen LogP contribution in [-0.4, -0.2) is 42.6 Å². The number of benzene rings is 4. The number of carbonyl (C=O) groups is 1. The van der Waals surface area contributed by atoms with Gasteiger partial charge in [0.2, 0.25) is 5.91 Å². The minimum Gasteiger partial charge on any atom is -0.490 e. The number of alkyl halides is 3. The summed E-state index contributed by atoms with van der Waals surface area (Å²) in [7, 11) is 0. The zero-order chi connectivity index (χ0) is 38.7. The van der Waals surface area contributed by atoms with Crippen LogP contribution in [0.2, 0.25) is 0 Å². The lowest BCUT2D eigenvalue weighted by Crippen LogP contribution is -2.52. The van der Waals surface area contributed by atoms with Crippen LogP contribution >= 0.6 is 0 Å². The van der Waals surface area contributed by atoms with E-state index in [1.54, 1.807) is 6.07 Å². The van der Waals surface area contributed by atoms with Gasteiger partial charge in [-0.15, -0.1) is 0 Å². The Morgan fingerprint density at radius 3 is 2.29 bits per heavy atom. The Kier molecular flexibility index (Phi) is 11.4. The normalized spacial score (nSPS) is 26.1. The van der Waals surface area contributed by atoms with Crippen LogP contribution in [0.4, 0.5) is 18.9 Å². The first-order valence-electron chi connectivity index (χ1n) is 20.5. The van der Waals surface area contributed by atoms with Crippen LogP contribution in [0.1, 0.15) is 92.0 Å². The van der Waals surface area contributed by atoms with Crippen LogP contribution in [0.25, 0.3) is 0 Å². The third kappa shape index (κ3) is 8.49. The molecule has 0 radical (unpaired) electrons. The number of halogens is 3. The fourth-order valence-electron chi connectivity index (χ4n) is 10.3. The molecule has 4 aromatic rings. The quantitative estimate of drug-likeness (QED) is 0.156. The van der Waals surface area contributed by atoms with Gasteiger partial charge in [0.05, 0.1) is 24.0 Å². The van der Waals surface area contributed by atoms with E-state index in [4.69, 9.17) is 14.2 Å². The number of rotatable bonds is 12. The van der Waals surface area contributed by atoms with E-state index in [2.05, 4.69) is 41.4 Å². The first kappa shape index (κ1) is 38.5. The molecule has 1 N–H and O–H groups in total. The molecule has 3 aliphatic carbocycles. The molecule has 0 spiro atoms. The Labute approximate surface area is 328 Å². The second-order valence-electron chi connectivity index (χ2n) is 16.6. The molecule has 296 valence electrons. The number of hydrogen-bond acceptors (Lipinski definition) is 5. The smallest absolute Gasteiger partial charge is 0.418 e. The van der Waals surface area contributed by atoms with Crippen molar-refractivity contribution >= 4 is 11.6 Å². The molecule has 56 heavy (non-hydrogen) atoms. The van der Waals surface area contributed by atoms with Gasteiger partial charge in [-0.2, -0.15) is 13.2 Å². The molecule has 8 rings (SSSR count). The van der Waals surface area contributed by atoms with Gasteiger partial charge in [-0.3, -0.25) is 4.79 Å². The average Bonchev–Trinajstić information content (AvgIpc) is 3.54. The average molecular weight is 767 g/mol. The van der Waals surface area contributed by atoms with Gasteiger partial charge in [-0.1, -0.05) is 80.1 Å². The highest BCUT2D eigenvalue weighted by Gasteiger charge is 2.59. The van der Waals surface area contributed by atoms with Gasteiger partial charge in [-0.25, -0.2) is 0 Å². The van der Waals surface area contributed by atoms with Crippen molar-refractivity contribution in [2.45, 2.75) is 102 Å². The monoisotopic (exact) mass is 766 g/mol. The Balaban J connectivity index is 1.06. The van der Waals surface area contributed by atoms with Crippen molar-refractivity contribution in [1.29, 1.82) is 0 Å². The third-order valence-corrected chi connectivity index (χ3v) is 13.1. The zero-order valence-electron chi connectivity index (χ0n) is 32.2. The van der Waals surface area contributed by atoms with Crippen molar-refractivity contribution in [3.8, 4) is 11.5 Å². The van der Waals surface area contributed by atoms with Gasteiger partial charge in [0, 0.05) is 24.3 Å². The fourth-order valence-corrected chi connectivity index (χ4v) is 10.3. The molecule has 3 fully saturated rings. The Bertz CT molecular complexity index is 1950. The van der Waals surface area contributed by atoms with E-state index in [1.807, 2.05) is 54.6 Å². The lowest BCUT2D eigenvalue weighted by Gasteiger charge is -2.53. The van der Waals surface area contributed by atoms with Gasteiger partial charge in [-0.05, 0) is 122 Å². The van der Waals surface area contributed by atoms with Gasteiger partial charge in [0.15, 0.2) is 0 Å². The molecule has 1 saturated heterocycles. The summed E-state index contributed by atoms with van der Waals surface area (Å²) in [6.07, 6.45) is 2.92. The highest BCUT2D eigenvalue weighted by molar-refractivity contribution is 5.91. The van der Waals surface area contributed by atoms with Crippen molar-refractivity contribution in [1.82, 2.24) is 4.90 Å². The maximum absolute atomic E-state index is 14.7. The van der Waals surface area contributed by atoms with E-state index in [0.717, 1.165) is 74.6 Å². The lowest BCUT2D eigenvalue weighted by atomic mass is 9.54. The predicted molar refractivity (Wildman–Crippen MR) is 212 cm³/mol. The molecule has 6 atom stereocenters. The number of fused-ring (bicyclic) bond motifs is 5. The first-order chi connectivity index (χ1) is 27.1. The largest absolute Gasteiger partial charge is 0.490 e. The van der Waals surface area contributed by atoms with Gasteiger partial charge in [0.25, 0.3) is 0 Å². The molecular weight excluding hydrogens is 714 g/mol. The summed E-state index contributed by atoms with van der Waals surface area (Å²) in [4.78, 5) is 15.1. The number of hydrogen-bond donors (Lipinski definition) is 1. The van der Waals surface area contributed by atoms with E-state index < -0.39 is 17.6 Å². The van der Waals surface area contributed by atoms with E-state index in [9.17, 15) is 18.0 Å². The SMILES string of the molecule is C[C@]12C[C@H](Oc3ccc(NC(=O)CCN4CCCCC4)c(C(F)(F)F)c3)[C@@H]3c4ccc(OCc5ccccc5)cc4CC[C@H]3[C@@H]1CC[C@@H]2OCc1ccccc1. The van der Waals surface area contributed by atoms with Crippen LogP contribution < -0.4 is 14.8 Å². The molecule has 1 amide bonds. The van der Waals surface area contributed by atoms with Crippen LogP contribution in [0.15, 0.2) is 97.1 Å². The number of amides is 1. The minimum atomic E-state index is -4.68. The number of likely N-dealkylation sites (tertiary alicyclic amines) is 1. The topological polar surface area (TPSA) is 60.0 Å². The second kappa shape index (κ2) is 16.6. The fraction of sp³-hybridized carbons (Fsp3) is 0.468. The van der Waals surface area contributed by atoms with Crippen molar-refractivity contribution in [2.75, 3.05) is 25.0 Å². The second-order valence-corrected chi connectivity index (χ2v) is 16.6. The highest BCUT2D eigenvalue weighted by Crippen LogP contribution is 2.62. The molecule has 1 aliphatic heterocycles. The van der Waals surface area contributed by atoms with Crippen molar-refractivity contribution in [3.63, 3.8) is 0 Å². The standard InChI is InChI=1S/C47H53F3N2O4/c1-46-29-42(56-36-17-21-41(40(28-36)47(48,49)50)51-44(53)23-26-52-24-9-4-10-25-52)45-37-19-16-35(54-30-32-11-5-2-6-12-32)27-34(37)15-18-38(45)39(46)20-22-43(46)55-31-33-13-7-3-8-14-33/h2-3,5-8,11-14,16-17,19,21,27-28,38-39,42-43,45H,4,9-10,15,18,20,22-26,29-31H2,1H3,(H,51,53)/t38-,39-,42-,43-,45+,46-/m0/s1. The van der Waals surface area contributed by atoms with Crippen LogP contribution in [0, 0.1) is 17.3 Å². The molecule has 6 nitrogen and oxygen atoms in total. The van der Waals surface area contributed by atoms with E-state index in [0.29, 0.717) is 32.1 Å². The molecule has 1 heterocycles.